The number of urea groups is 1. The predicted molar refractivity (Wildman–Crippen MR) is 51.1 cm³/mol. The molecule has 0 radical (unpaired) electrons. The molecule has 0 heterocycles. The van der Waals surface area contributed by atoms with Gasteiger partial charge in [-0.15, -0.1) is 0 Å². The Hall–Kier alpha value is -1.91. The van der Waals surface area contributed by atoms with Crippen LogP contribution in [0.25, 0.3) is 0 Å². The average molecular weight is 196 g/mol. The fourth-order valence-electron chi connectivity index (χ4n) is 1.03. The number of hydrogen-bond donors (Lipinski definition) is 3. The predicted octanol–water partition coefficient (Wildman–Crippen LogP) is 0.569. The lowest BCUT2D eigenvalue weighted by molar-refractivity contribution is 0.248. The van der Waals surface area contributed by atoms with Gasteiger partial charge < -0.3 is 20.9 Å². The third-order valence-electron chi connectivity index (χ3n) is 1.71. The van der Waals surface area contributed by atoms with E-state index in [4.69, 9.17) is 10.5 Å². The molecule has 14 heavy (non-hydrogen) atoms. The van der Waals surface area contributed by atoms with Crippen LogP contribution < -0.4 is 15.8 Å². The lowest BCUT2D eigenvalue weighted by atomic mass is 10.2. The Morgan fingerprint density at radius 2 is 2.36 bits per heavy atom. The highest BCUT2D eigenvalue weighted by Gasteiger charge is 2.02. The largest absolute Gasteiger partial charge is 0.504 e. The summed E-state index contributed by atoms with van der Waals surface area (Å²) in [7, 11) is 1.47. The maximum absolute atomic E-state index is 10.4. The van der Waals surface area contributed by atoms with Crippen molar-refractivity contribution in [2.24, 2.45) is 5.73 Å². The van der Waals surface area contributed by atoms with Crippen LogP contribution in [0.15, 0.2) is 18.2 Å². The summed E-state index contributed by atoms with van der Waals surface area (Å²) in [4.78, 5) is 10.4. The van der Waals surface area contributed by atoms with Crippen LogP contribution in [-0.2, 0) is 6.54 Å². The molecule has 1 rings (SSSR count). The second-order valence-corrected chi connectivity index (χ2v) is 2.72. The molecule has 4 N–H and O–H groups in total. The minimum absolute atomic E-state index is 0.0382. The number of nitrogens with two attached hydrogens (primary N) is 1. The summed E-state index contributed by atoms with van der Waals surface area (Å²) >= 11 is 0. The molecule has 5 heteroatoms. The highest BCUT2D eigenvalue weighted by atomic mass is 16.5. The van der Waals surface area contributed by atoms with E-state index in [1.807, 2.05) is 0 Å². The summed E-state index contributed by atoms with van der Waals surface area (Å²) in [6.45, 7) is 0.285. The van der Waals surface area contributed by atoms with Crippen LogP contribution in [0.4, 0.5) is 4.79 Å². The first-order valence-electron chi connectivity index (χ1n) is 4.02. The quantitative estimate of drug-likeness (QED) is 0.660. The number of phenolic OH excluding ortho intramolecular Hbond substituents is 1. The standard InChI is InChI=1S/C9H12N2O3/c1-14-8-3-2-6(4-7(8)12)5-11-9(10)13/h2-4,12H,5H2,1H3,(H3,10,11,13). The van der Waals surface area contributed by atoms with Gasteiger partial charge in [-0.2, -0.15) is 0 Å². The van der Waals surface area contributed by atoms with Gasteiger partial charge in [-0.1, -0.05) is 6.07 Å². The molecule has 76 valence electrons. The first kappa shape index (κ1) is 10.2. The Balaban J connectivity index is 2.71. The molecule has 0 atom stereocenters. The van der Waals surface area contributed by atoms with E-state index in [1.165, 1.54) is 13.2 Å². The second-order valence-electron chi connectivity index (χ2n) is 2.72. The molecular formula is C9H12N2O3. The lowest BCUT2D eigenvalue weighted by Crippen LogP contribution is -2.28. The smallest absolute Gasteiger partial charge is 0.312 e. The molecule has 1 aromatic rings. The van der Waals surface area contributed by atoms with Gasteiger partial charge in [0, 0.05) is 6.54 Å². The number of carbonyl (C=O) groups is 1. The van der Waals surface area contributed by atoms with Gasteiger partial charge in [0.25, 0.3) is 0 Å². The number of nitrogens with one attached hydrogen (secondary N) is 1. The molecule has 0 aromatic heterocycles. The van der Waals surface area contributed by atoms with Crippen molar-refractivity contribution in [3.05, 3.63) is 23.8 Å². The Bertz CT molecular complexity index is 339. The molecule has 0 aliphatic carbocycles. The third-order valence-corrected chi connectivity index (χ3v) is 1.71. The molecule has 0 fully saturated rings. The van der Waals surface area contributed by atoms with E-state index in [2.05, 4.69) is 5.32 Å². The van der Waals surface area contributed by atoms with Crippen molar-refractivity contribution in [1.29, 1.82) is 0 Å². The SMILES string of the molecule is COc1ccc(CNC(N)=O)cc1O. The highest BCUT2D eigenvalue weighted by molar-refractivity contribution is 5.71. The van der Waals surface area contributed by atoms with E-state index < -0.39 is 6.03 Å². The van der Waals surface area contributed by atoms with Crippen molar-refractivity contribution in [3.63, 3.8) is 0 Å². The van der Waals surface area contributed by atoms with Crippen LogP contribution in [0, 0.1) is 0 Å². The first-order valence-corrected chi connectivity index (χ1v) is 4.02. The van der Waals surface area contributed by atoms with E-state index in [1.54, 1.807) is 12.1 Å². The number of phenols is 1. The van der Waals surface area contributed by atoms with Crippen LogP contribution in [0.2, 0.25) is 0 Å². The van der Waals surface area contributed by atoms with Crippen molar-refractivity contribution < 1.29 is 14.6 Å². The summed E-state index contributed by atoms with van der Waals surface area (Å²) in [6, 6.07) is 4.26. The minimum Gasteiger partial charge on any atom is -0.504 e. The van der Waals surface area contributed by atoms with Crippen LogP contribution in [0.3, 0.4) is 0 Å². The molecule has 2 amide bonds. The molecule has 0 saturated carbocycles. The van der Waals surface area contributed by atoms with Crippen LogP contribution in [0.1, 0.15) is 5.56 Å². The van der Waals surface area contributed by atoms with E-state index in [-0.39, 0.29) is 12.3 Å². The normalized spacial score (nSPS) is 9.50. The van der Waals surface area contributed by atoms with Gasteiger partial charge in [-0.3, -0.25) is 0 Å². The number of primary amides is 1. The summed E-state index contributed by atoms with van der Waals surface area (Å²) < 4.78 is 4.86. The zero-order valence-electron chi connectivity index (χ0n) is 7.78. The summed E-state index contributed by atoms with van der Waals surface area (Å²) in [5.74, 6) is 0.434. The van der Waals surface area contributed by atoms with Gasteiger partial charge in [-0.05, 0) is 17.7 Å². The zero-order valence-corrected chi connectivity index (χ0v) is 7.78. The van der Waals surface area contributed by atoms with Crippen molar-refractivity contribution >= 4 is 6.03 Å². The monoisotopic (exact) mass is 196 g/mol. The summed E-state index contributed by atoms with van der Waals surface area (Å²) in [5.41, 5.74) is 5.65. The van der Waals surface area contributed by atoms with E-state index >= 15 is 0 Å². The Labute approximate surface area is 81.5 Å². The lowest BCUT2D eigenvalue weighted by Gasteiger charge is -2.06. The van der Waals surface area contributed by atoms with Crippen molar-refractivity contribution in [3.8, 4) is 11.5 Å². The molecule has 5 nitrogen and oxygen atoms in total. The van der Waals surface area contributed by atoms with Gasteiger partial charge in [0.2, 0.25) is 0 Å². The molecule has 0 unspecified atom stereocenters. The molecule has 0 bridgehead atoms. The number of ether oxygens (including phenoxy) is 1. The first-order chi connectivity index (χ1) is 6.63. The number of rotatable bonds is 3. The van der Waals surface area contributed by atoms with Crippen molar-refractivity contribution in [2.45, 2.75) is 6.54 Å². The Kier molecular flexibility index (Phi) is 3.17. The highest BCUT2D eigenvalue weighted by Crippen LogP contribution is 2.25. The minimum atomic E-state index is -0.597. The maximum Gasteiger partial charge on any atom is 0.312 e. The topological polar surface area (TPSA) is 84.6 Å². The Morgan fingerprint density at radius 3 is 2.86 bits per heavy atom. The summed E-state index contributed by atoms with van der Waals surface area (Å²) in [6.07, 6.45) is 0. The molecule has 0 spiro atoms. The van der Waals surface area contributed by atoms with E-state index in [0.717, 1.165) is 5.56 Å². The number of carbonyl (C=O) groups excluding carboxylic acids is 1. The average Bonchev–Trinajstić information content (AvgIpc) is 2.15. The van der Waals surface area contributed by atoms with Gasteiger partial charge in [-0.25, -0.2) is 4.79 Å². The Morgan fingerprint density at radius 1 is 1.64 bits per heavy atom. The van der Waals surface area contributed by atoms with Crippen molar-refractivity contribution in [1.82, 2.24) is 5.32 Å². The van der Waals surface area contributed by atoms with Crippen LogP contribution in [-0.4, -0.2) is 18.2 Å². The number of hydrogen-bond acceptors (Lipinski definition) is 3. The van der Waals surface area contributed by atoms with Crippen molar-refractivity contribution in [2.75, 3.05) is 7.11 Å². The number of aromatic hydroxyl groups is 1. The fraction of sp³-hybridized carbons (Fsp3) is 0.222. The van der Waals surface area contributed by atoms with Crippen LogP contribution >= 0.6 is 0 Å². The fourth-order valence-corrected chi connectivity index (χ4v) is 1.03. The number of amides is 2. The zero-order chi connectivity index (χ0) is 10.6. The molecule has 1 aromatic carbocycles. The molecule has 0 aliphatic rings. The van der Waals surface area contributed by atoms with Crippen LogP contribution in [0.5, 0.6) is 11.5 Å². The van der Waals surface area contributed by atoms with E-state index in [0.29, 0.717) is 5.75 Å². The molecule has 0 aliphatic heterocycles. The van der Waals surface area contributed by atoms with E-state index in [9.17, 15) is 9.90 Å². The van der Waals surface area contributed by atoms with Gasteiger partial charge in [0.05, 0.1) is 7.11 Å². The molecule has 0 saturated heterocycles. The second kappa shape index (κ2) is 4.36. The number of methoxy groups -OCH3 is 1. The summed E-state index contributed by atoms with van der Waals surface area (Å²) in [5, 5.41) is 11.8. The van der Waals surface area contributed by atoms with Gasteiger partial charge in [0.15, 0.2) is 11.5 Å². The third kappa shape index (κ3) is 2.55. The number of benzene rings is 1. The maximum atomic E-state index is 10.4. The van der Waals surface area contributed by atoms with Gasteiger partial charge >= 0.3 is 6.03 Å². The van der Waals surface area contributed by atoms with Gasteiger partial charge in [0.1, 0.15) is 0 Å². The molecular weight excluding hydrogens is 184 g/mol.